The number of halogens is 1. The highest BCUT2D eigenvalue weighted by molar-refractivity contribution is 6.25. The van der Waals surface area contributed by atoms with Crippen LogP contribution in [-0.4, -0.2) is 59.9 Å². The number of aliphatic hydroxyl groups is 6. The molecule has 7 heteroatoms. The molecule has 0 bridgehead atoms. The second-order valence-electron chi connectivity index (χ2n) is 7.74. The Hall–Kier alpha value is -2.09. The summed E-state index contributed by atoms with van der Waals surface area (Å²) in [5.41, 5.74) is 1.16. The van der Waals surface area contributed by atoms with Gasteiger partial charge in [-0.3, -0.25) is 0 Å². The van der Waals surface area contributed by atoms with Gasteiger partial charge in [-0.15, -0.1) is 11.6 Å². The number of benzene rings is 1. The van der Waals surface area contributed by atoms with Crippen molar-refractivity contribution in [2.24, 2.45) is 5.92 Å². The van der Waals surface area contributed by atoms with Crippen LogP contribution in [0.1, 0.15) is 25.8 Å². The van der Waals surface area contributed by atoms with Crippen LogP contribution >= 0.6 is 11.6 Å². The van der Waals surface area contributed by atoms with Gasteiger partial charge >= 0.3 is 0 Å². The Balaban J connectivity index is 2.06. The molecule has 1 aromatic rings. The Bertz CT molecular complexity index is 829. The van der Waals surface area contributed by atoms with Crippen LogP contribution in [0.5, 0.6) is 0 Å². The third-order valence-corrected chi connectivity index (χ3v) is 5.91. The van der Waals surface area contributed by atoms with Gasteiger partial charge in [0, 0.05) is 0 Å². The van der Waals surface area contributed by atoms with Crippen molar-refractivity contribution in [3.05, 3.63) is 77.3 Å². The second-order valence-corrected chi connectivity index (χ2v) is 8.45. The zero-order valence-corrected chi connectivity index (χ0v) is 17.7. The van der Waals surface area contributed by atoms with Crippen LogP contribution < -0.4 is 0 Å². The van der Waals surface area contributed by atoms with Crippen molar-refractivity contribution in [2.45, 2.75) is 49.6 Å². The SMILES string of the molecule is CC(C)C1(Cl)C=CC(C=C(O)[C@H](O)[C@@H](O)[C@H](O)[C@H](O)C(O)=Cc2ccccc2)=CC1. The third kappa shape index (κ3) is 5.97. The van der Waals surface area contributed by atoms with Crippen LogP contribution in [0.3, 0.4) is 0 Å². The van der Waals surface area contributed by atoms with E-state index in [-0.39, 0.29) is 5.92 Å². The summed E-state index contributed by atoms with van der Waals surface area (Å²) in [5.74, 6) is -0.984. The monoisotopic (exact) mass is 436 g/mol. The number of alkyl halides is 1. The van der Waals surface area contributed by atoms with E-state index in [1.807, 2.05) is 19.9 Å². The van der Waals surface area contributed by atoms with E-state index in [1.54, 1.807) is 42.5 Å². The molecule has 0 heterocycles. The molecule has 1 unspecified atom stereocenters. The largest absolute Gasteiger partial charge is 0.509 e. The first-order chi connectivity index (χ1) is 14.0. The molecule has 1 aliphatic rings. The minimum absolute atomic E-state index is 0.200. The van der Waals surface area contributed by atoms with Crippen LogP contribution in [0.15, 0.2) is 71.7 Å². The summed E-state index contributed by atoms with van der Waals surface area (Å²) in [6.07, 6.45) is 0.689. The molecule has 5 atom stereocenters. The number of allylic oxidation sites excluding steroid dienone is 5. The molecule has 6 N–H and O–H groups in total. The first kappa shape index (κ1) is 24.2. The highest BCUT2D eigenvalue weighted by atomic mass is 35.5. The molecular weight excluding hydrogens is 408 g/mol. The molecule has 0 aromatic heterocycles. The van der Waals surface area contributed by atoms with E-state index in [9.17, 15) is 30.6 Å². The van der Waals surface area contributed by atoms with E-state index in [1.165, 1.54) is 12.2 Å². The van der Waals surface area contributed by atoms with E-state index >= 15 is 0 Å². The van der Waals surface area contributed by atoms with Crippen LogP contribution in [-0.2, 0) is 0 Å². The van der Waals surface area contributed by atoms with Gasteiger partial charge in [0.1, 0.15) is 35.9 Å². The number of hydrogen-bond donors (Lipinski definition) is 6. The summed E-state index contributed by atoms with van der Waals surface area (Å²) in [6, 6.07) is 8.59. The van der Waals surface area contributed by atoms with E-state index in [0.29, 0.717) is 17.6 Å². The molecule has 0 spiro atoms. The van der Waals surface area contributed by atoms with Crippen molar-refractivity contribution in [2.75, 3.05) is 0 Å². The molecular formula is C23H29ClO6. The van der Waals surface area contributed by atoms with Gasteiger partial charge < -0.3 is 30.6 Å². The Morgan fingerprint density at radius 2 is 1.47 bits per heavy atom. The lowest BCUT2D eigenvalue weighted by Crippen LogP contribution is -2.45. The minimum atomic E-state index is -1.95. The molecule has 1 aromatic carbocycles. The maximum absolute atomic E-state index is 10.2. The molecule has 164 valence electrons. The van der Waals surface area contributed by atoms with E-state index in [0.717, 1.165) is 0 Å². The Labute approximate surface area is 181 Å². The van der Waals surface area contributed by atoms with Gasteiger partial charge in [-0.05, 0) is 35.6 Å². The van der Waals surface area contributed by atoms with Crippen molar-refractivity contribution in [3.63, 3.8) is 0 Å². The van der Waals surface area contributed by atoms with E-state index in [2.05, 4.69) is 0 Å². The highest BCUT2D eigenvalue weighted by Gasteiger charge is 2.34. The second kappa shape index (κ2) is 10.3. The van der Waals surface area contributed by atoms with Crippen molar-refractivity contribution in [1.82, 2.24) is 0 Å². The lowest BCUT2D eigenvalue weighted by molar-refractivity contribution is -0.1000. The molecule has 0 amide bonds. The fraction of sp³-hybridized carbons (Fsp3) is 0.391. The van der Waals surface area contributed by atoms with Crippen molar-refractivity contribution in [1.29, 1.82) is 0 Å². The van der Waals surface area contributed by atoms with Crippen molar-refractivity contribution < 1.29 is 30.6 Å². The van der Waals surface area contributed by atoms with Crippen LogP contribution in [0, 0.1) is 5.92 Å². The van der Waals surface area contributed by atoms with Gasteiger partial charge in [-0.2, -0.15) is 0 Å². The van der Waals surface area contributed by atoms with Crippen LogP contribution in [0.2, 0.25) is 0 Å². The standard InChI is InChI=1S/C23H29ClO6/c1-14(2)23(24)10-8-16(9-11-23)13-18(26)20(28)22(30)21(29)19(27)17(25)12-15-6-4-3-5-7-15/h3-10,12-14,19-22,25-30H,11H2,1-2H3/t19-,20+,21-,22-,23?/m1/s1. The summed E-state index contributed by atoms with van der Waals surface area (Å²) in [6.45, 7) is 4.00. The van der Waals surface area contributed by atoms with Crippen LogP contribution in [0.4, 0.5) is 0 Å². The van der Waals surface area contributed by atoms with Gasteiger partial charge in [-0.1, -0.05) is 62.4 Å². The topological polar surface area (TPSA) is 121 Å². The molecule has 0 saturated carbocycles. The van der Waals surface area contributed by atoms with Gasteiger partial charge in [0.25, 0.3) is 0 Å². The van der Waals surface area contributed by atoms with Crippen molar-refractivity contribution in [3.8, 4) is 0 Å². The summed E-state index contributed by atoms with van der Waals surface area (Å²) in [7, 11) is 0. The van der Waals surface area contributed by atoms with Gasteiger partial charge in [-0.25, -0.2) is 0 Å². The Morgan fingerprint density at radius 3 is 1.93 bits per heavy atom. The summed E-state index contributed by atoms with van der Waals surface area (Å²) < 4.78 is 0. The number of hydrogen-bond acceptors (Lipinski definition) is 6. The lowest BCUT2D eigenvalue weighted by atomic mass is 9.86. The Kier molecular flexibility index (Phi) is 8.29. The first-order valence-corrected chi connectivity index (χ1v) is 10.1. The summed E-state index contributed by atoms with van der Waals surface area (Å²) in [4.78, 5) is -0.520. The maximum Gasteiger partial charge on any atom is 0.139 e. The number of aliphatic hydroxyl groups excluding tert-OH is 6. The molecule has 1 aliphatic carbocycles. The third-order valence-electron chi connectivity index (χ3n) is 5.19. The molecule has 0 saturated heterocycles. The highest BCUT2D eigenvalue weighted by Crippen LogP contribution is 2.35. The van der Waals surface area contributed by atoms with Gasteiger partial charge in [0.2, 0.25) is 0 Å². The van der Waals surface area contributed by atoms with Gasteiger partial charge in [0.05, 0.1) is 4.87 Å². The number of rotatable bonds is 8. The lowest BCUT2D eigenvalue weighted by Gasteiger charge is -2.29. The van der Waals surface area contributed by atoms with Gasteiger partial charge in [0.15, 0.2) is 0 Å². The predicted octanol–water partition coefficient (Wildman–Crippen LogP) is 2.99. The fourth-order valence-electron chi connectivity index (χ4n) is 2.97. The quantitative estimate of drug-likeness (QED) is 0.275. The molecule has 6 nitrogen and oxygen atoms in total. The predicted molar refractivity (Wildman–Crippen MR) is 117 cm³/mol. The summed E-state index contributed by atoms with van der Waals surface area (Å²) >= 11 is 6.50. The van der Waals surface area contributed by atoms with E-state index < -0.39 is 40.8 Å². The van der Waals surface area contributed by atoms with Crippen LogP contribution in [0.25, 0.3) is 6.08 Å². The molecule has 2 rings (SSSR count). The molecule has 0 aliphatic heterocycles. The molecule has 0 radical (unpaired) electrons. The molecule has 0 fully saturated rings. The molecule has 30 heavy (non-hydrogen) atoms. The Morgan fingerprint density at radius 1 is 0.933 bits per heavy atom. The average molecular weight is 437 g/mol. The first-order valence-electron chi connectivity index (χ1n) is 9.72. The smallest absolute Gasteiger partial charge is 0.139 e. The normalized spacial score (nSPS) is 24.3. The zero-order valence-electron chi connectivity index (χ0n) is 16.9. The summed E-state index contributed by atoms with van der Waals surface area (Å²) in [5, 5.41) is 60.8. The zero-order chi connectivity index (χ0) is 22.5. The minimum Gasteiger partial charge on any atom is -0.509 e. The van der Waals surface area contributed by atoms with E-state index in [4.69, 9.17) is 11.6 Å². The van der Waals surface area contributed by atoms with Crippen molar-refractivity contribution >= 4 is 17.7 Å². The average Bonchev–Trinajstić information content (AvgIpc) is 2.73. The fourth-order valence-corrected chi connectivity index (χ4v) is 3.11. The maximum atomic E-state index is 10.2.